The Bertz CT molecular complexity index is 640. The second kappa shape index (κ2) is 8.65. The van der Waals surface area contributed by atoms with Crippen LogP contribution in [-0.4, -0.2) is 40.9 Å². The van der Waals surface area contributed by atoms with Crippen molar-refractivity contribution in [2.75, 3.05) is 18.4 Å². The van der Waals surface area contributed by atoms with Gasteiger partial charge in [0.15, 0.2) is 0 Å². The van der Waals surface area contributed by atoms with Crippen molar-refractivity contribution in [3.05, 3.63) is 29.8 Å². The summed E-state index contributed by atoms with van der Waals surface area (Å²) in [5.74, 6) is -2.42. The van der Waals surface area contributed by atoms with E-state index in [2.05, 4.69) is 5.32 Å². The van der Waals surface area contributed by atoms with Crippen molar-refractivity contribution in [1.82, 2.24) is 4.90 Å². The van der Waals surface area contributed by atoms with Crippen molar-refractivity contribution >= 4 is 23.5 Å². The molecule has 0 bridgehead atoms. The van der Waals surface area contributed by atoms with Crippen LogP contribution < -0.4 is 5.32 Å². The molecule has 0 spiro atoms. The van der Waals surface area contributed by atoms with E-state index in [1.54, 1.807) is 29.2 Å². The summed E-state index contributed by atoms with van der Waals surface area (Å²) >= 11 is 0. The molecule has 1 aromatic rings. The van der Waals surface area contributed by atoms with Crippen molar-refractivity contribution < 1.29 is 19.5 Å². The molecule has 2 amide bonds. The Morgan fingerprint density at radius 3 is 2.36 bits per heavy atom. The van der Waals surface area contributed by atoms with E-state index in [9.17, 15) is 19.5 Å². The topological polar surface area (TPSA) is 86.7 Å². The highest BCUT2D eigenvalue weighted by molar-refractivity contribution is 5.98. The molecule has 6 heteroatoms. The van der Waals surface area contributed by atoms with Gasteiger partial charge in [-0.15, -0.1) is 0 Å². The summed E-state index contributed by atoms with van der Waals surface area (Å²) in [6.07, 6.45) is 2.83. The van der Waals surface area contributed by atoms with E-state index in [1.807, 2.05) is 13.8 Å². The number of rotatable bonds is 6. The molecular weight excluding hydrogens is 320 g/mol. The number of carbonyl (C=O) groups is 3. The quantitative estimate of drug-likeness (QED) is 0.829. The van der Waals surface area contributed by atoms with Gasteiger partial charge in [-0.2, -0.15) is 0 Å². The Labute approximate surface area is 148 Å². The number of carboxylic acids is 1. The predicted octanol–water partition coefficient (Wildman–Crippen LogP) is 3.00. The largest absolute Gasteiger partial charge is 0.481 e. The third-order valence-corrected chi connectivity index (χ3v) is 4.85. The average molecular weight is 346 g/mol. The molecule has 2 atom stereocenters. The van der Waals surface area contributed by atoms with Crippen molar-refractivity contribution in [3.63, 3.8) is 0 Å². The van der Waals surface area contributed by atoms with E-state index >= 15 is 0 Å². The molecule has 2 N–H and O–H groups in total. The summed E-state index contributed by atoms with van der Waals surface area (Å²) in [6, 6.07) is 6.81. The monoisotopic (exact) mass is 346 g/mol. The van der Waals surface area contributed by atoms with Crippen LogP contribution in [0.4, 0.5) is 5.69 Å². The standard InChI is InChI=1S/C19H26N2O4/c1-3-21(4-2)18(23)13-8-7-9-14(12-13)20-17(22)15-10-5-6-11-16(15)19(24)25/h7-9,12,15-16H,3-6,10-11H2,1-2H3,(H,20,22)(H,24,25)/t15-,16-/m0/s1. The molecule has 1 aromatic carbocycles. The van der Waals surface area contributed by atoms with Crippen LogP contribution in [0.5, 0.6) is 0 Å². The first-order chi connectivity index (χ1) is 12.0. The molecular formula is C19H26N2O4. The van der Waals surface area contributed by atoms with Crippen LogP contribution in [0.3, 0.4) is 0 Å². The number of nitrogens with one attached hydrogen (secondary N) is 1. The van der Waals surface area contributed by atoms with Crippen LogP contribution in [0, 0.1) is 11.8 Å². The zero-order chi connectivity index (χ0) is 18.4. The fourth-order valence-corrected chi connectivity index (χ4v) is 3.40. The lowest BCUT2D eigenvalue weighted by molar-refractivity contribution is -0.147. The van der Waals surface area contributed by atoms with Crippen LogP contribution in [0.15, 0.2) is 24.3 Å². The Balaban J connectivity index is 2.12. The minimum Gasteiger partial charge on any atom is -0.481 e. The van der Waals surface area contributed by atoms with E-state index in [-0.39, 0.29) is 11.8 Å². The Morgan fingerprint density at radius 2 is 1.76 bits per heavy atom. The summed E-state index contributed by atoms with van der Waals surface area (Å²) in [5.41, 5.74) is 1.04. The summed E-state index contributed by atoms with van der Waals surface area (Å²) in [6.45, 7) is 5.08. The van der Waals surface area contributed by atoms with E-state index in [0.717, 1.165) is 12.8 Å². The van der Waals surface area contributed by atoms with Gasteiger partial charge in [-0.1, -0.05) is 18.9 Å². The first-order valence-corrected chi connectivity index (χ1v) is 8.90. The summed E-state index contributed by atoms with van der Waals surface area (Å²) < 4.78 is 0. The van der Waals surface area contributed by atoms with Crippen LogP contribution in [0.2, 0.25) is 0 Å². The summed E-state index contributed by atoms with van der Waals surface area (Å²) in [5, 5.41) is 12.1. The fraction of sp³-hybridized carbons (Fsp3) is 0.526. The third kappa shape index (κ3) is 4.59. The number of hydrogen-bond donors (Lipinski definition) is 2. The number of carbonyl (C=O) groups excluding carboxylic acids is 2. The first kappa shape index (κ1) is 19.0. The third-order valence-electron chi connectivity index (χ3n) is 4.85. The van der Waals surface area contributed by atoms with Gasteiger partial charge in [0.2, 0.25) is 5.91 Å². The lowest BCUT2D eigenvalue weighted by Gasteiger charge is -2.27. The van der Waals surface area contributed by atoms with Crippen molar-refractivity contribution in [2.24, 2.45) is 11.8 Å². The van der Waals surface area contributed by atoms with E-state index in [1.165, 1.54) is 0 Å². The minimum absolute atomic E-state index is 0.0813. The molecule has 136 valence electrons. The number of hydrogen-bond acceptors (Lipinski definition) is 3. The van der Waals surface area contributed by atoms with E-state index < -0.39 is 17.8 Å². The van der Waals surface area contributed by atoms with E-state index in [4.69, 9.17) is 0 Å². The number of aliphatic carboxylic acids is 1. The lowest BCUT2D eigenvalue weighted by Crippen LogP contribution is -2.36. The van der Waals surface area contributed by atoms with Gasteiger partial charge in [0.25, 0.3) is 5.91 Å². The highest BCUT2D eigenvalue weighted by Gasteiger charge is 2.35. The fourth-order valence-electron chi connectivity index (χ4n) is 3.40. The zero-order valence-corrected chi connectivity index (χ0v) is 14.8. The Morgan fingerprint density at radius 1 is 1.12 bits per heavy atom. The van der Waals surface area contributed by atoms with Gasteiger partial charge in [-0.3, -0.25) is 14.4 Å². The second-order valence-electron chi connectivity index (χ2n) is 6.38. The normalized spacial score (nSPS) is 19.9. The van der Waals surface area contributed by atoms with Crippen LogP contribution in [-0.2, 0) is 9.59 Å². The average Bonchev–Trinajstić information content (AvgIpc) is 2.62. The molecule has 0 saturated heterocycles. The molecule has 1 aliphatic rings. The number of anilines is 1. The molecule has 0 aliphatic heterocycles. The van der Waals surface area contributed by atoms with Crippen molar-refractivity contribution in [2.45, 2.75) is 39.5 Å². The Kier molecular flexibility index (Phi) is 6.56. The number of nitrogens with zero attached hydrogens (tertiary/aromatic N) is 1. The molecule has 6 nitrogen and oxygen atoms in total. The van der Waals surface area contributed by atoms with Gasteiger partial charge in [-0.05, 0) is 44.9 Å². The van der Waals surface area contributed by atoms with Gasteiger partial charge < -0.3 is 15.3 Å². The molecule has 0 unspecified atom stereocenters. The van der Waals surface area contributed by atoms with Crippen LogP contribution in [0.25, 0.3) is 0 Å². The van der Waals surface area contributed by atoms with Gasteiger partial charge in [0.05, 0.1) is 11.8 Å². The zero-order valence-electron chi connectivity index (χ0n) is 14.8. The summed E-state index contributed by atoms with van der Waals surface area (Å²) in [7, 11) is 0. The predicted molar refractivity (Wildman–Crippen MR) is 95.4 cm³/mol. The highest BCUT2D eigenvalue weighted by Crippen LogP contribution is 2.31. The van der Waals surface area contributed by atoms with Gasteiger partial charge in [0.1, 0.15) is 0 Å². The van der Waals surface area contributed by atoms with E-state index in [0.29, 0.717) is 37.2 Å². The van der Waals surface area contributed by atoms with Gasteiger partial charge >= 0.3 is 5.97 Å². The van der Waals surface area contributed by atoms with Gasteiger partial charge in [0, 0.05) is 24.3 Å². The molecule has 0 aromatic heterocycles. The molecule has 1 saturated carbocycles. The number of benzene rings is 1. The van der Waals surface area contributed by atoms with Crippen LogP contribution >= 0.6 is 0 Å². The number of amides is 2. The van der Waals surface area contributed by atoms with Gasteiger partial charge in [-0.25, -0.2) is 0 Å². The first-order valence-electron chi connectivity index (χ1n) is 8.90. The van der Waals surface area contributed by atoms with Crippen LogP contribution in [0.1, 0.15) is 49.9 Å². The molecule has 0 radical (unpaired) electrons. The number of carboxylic acid groups (broad SMARTS) is 1. The molecule has 2 rings (SSSR count). The van der Waals surface area contributed by atoms with Crippen molar-refractivity contribution in [1.29, 1.82) is 0 Å². The highest BCUT2D eigenvalue weighted by atomic mass is 16.4. The molecule has 1 fully saturated rings. The summed E-state index contributed by atoms with van der Waals surface area (Å²) in [4.78, 5) is 38.1. The minimum atomic E-state index is -0.912. The maximum Gasteiger partial charge on any atom is 0.307 e. The molecule has 25 heavy (non-hydrogen) atoms. The maximum absolute atomic E-state index is 12.5. The SMILES string of the molecule is CCN(CC)C(=O)c1cccc(NC(=O)[C@H]2CCCC[C@@H]2C(=O)O)c1. The smallest absolute Gasteiger partial charge is 0.307 e. The lowest BCUT2D eigenvalue weighted by atomic mass is 9.78. The maximum atomic E-state index is 12.5. The molecule has 1 aliphatic carbocycles. The second-order valence-corrected chi connectivity index (χ2v) is 6.38. The Hall–Kier alpha value is -2.37. The van der Waals surface area contributed by atoms with Crippen molar-refractivity contribution in [3.8, 4) is 0 Å². The molecule has 0 heterocycles.